The molecule has 1 aromatic rings. The predicted octanol–water partition coefficient (Wildman–Crippen LogP) is 3.59. The molecule has 8 atom stereocenters. The molecule has 1 aromatic heterocycles. The molecular weight excluding hydrogens is 404 g/mol. The summed E-state index contributed by atoms with van der Waals surface area (Å²) in [6, 6.07) is 0. The second-order valence-electron chi connectivity index (χ2n) is 11.6. The van der Waals surface area contributed by atoms with Gasteiger partial charge in [0.1, 0.15) is 12.4 Å². The first-order chi connectivity index (χ1) is 15.3. The molecule has 0 bridgehead atoms. The van der Waals surface area contributed by atoms with Crippen LogP contribution in [0.15, 0.2) is 0 Å². The van der Waals surface area contributed by atoms with E-state index in [1.807, 2.05) is 13.8 Å². The Morgan fingerprint density at radius 2 is 1.94 bits per heavy atom. The van der Waals surface area contributed by atoms with Crippen LogP contribution in [0.1, 0.15) is 77.5 Å². The van der Waals surface area contributed by atoms with E-state index in [1.165, 1.54) is 25.7 Å². The number of aromatic nitrogens is 4. The van der Waals surface area contributed by atoms with Gasteiger partial charge in [-0.25, -0.2) is 4.68 Å². The number of carbonyl (C=O) groups excluding carboxylic acids is 1. The van der Waals surface area contributed by atoms with Crippen LogP contribution in [-0.2, 0) is 16.1 Å². The monoisotopic (exact) mass is 444 g/mol. The van der Waals surface area contributed by atoms with E-state index in [0.29, 0.717) is 43.2 Å². The fraction of sp³-hybridized carbons (Fsp3) is 0.920. The zero-order valence-electron chi connectivity index (χ0n) is 20.0. The van der Waals surface area contributed by atoms with Crippen LogP contribution in [0.4, 0.5) is 0 Å². The first kappa shape index (κ1) is 22.5. The van der Waals surface area contributed by atoms with E-state index in [2.05, 4.69) is 22.4 Å². The van der Waals surface area contributed by atoms with Crippen LogP contribution in [0, 0.1) is 47.8 Å². The number of fused-ring (bicyclic) bond motifs is 5. The van der Waals surface area contributed by atoms with Gasteiger partial charge in [-0.1, -0.05) is 6.92 Å². The highest BCUT2D eigenvalue weighted by atomic mass is 16.5. The number of aliphatic hydroxyl groups is 1. The summed E-state index contributed by atoms with van der Waals surface area (Å²) in [7, 11) is 0. The number of ether oxygens (including phenoxy) is 1. The van der Waals surface area contributed by atoms with Crippen molar-refractivity contribution in [2.24, 2.45) is 40.9 Å². The maximum absolute atomic E-state index is 13.3. The lowest BCUT2D eigenvalue weighted by molar-refractivity contribution is -0.138. The van der Waals surface area contributed by atoms with Crippen LogP contribution >= 0.6 is 0 Å². The molecule has 0 radical (unpaired) electrons. The third-order valence-electron chi connectivity index (χ3n) is 10.1. The molecule has 0 spiro atoms. The Bertz CT molecular complexity index is 843. The lowest BCUT2D eigenvalue weighted by Gasteiger charge is -2.57. The van der Waals surface area contributed by atoms with Gasteiger partial charge < -0.3 is 9.84 Å². The molecule has 0 aromatic carbocycles. The van der Waals surface area contributed by atoms with E-state index >= 15 is 0 Å². The Balaban J connectivity index is 1.27. The highest BCUT2D eigenvalue weighted by Gasteiger charge is 2.59. The van der Waals surface area contributed by atoms with Gasteiger partial charge in [-0.05, 0) is 117 Å². The number of hydrogen-bond acceptors (Lipinski definition) is 6. The molecule has 7 heteroatoms. The lowest BCUT2D eigenvalue weighted by Crippen LogP contribution is -2.52. The number of Topliss-reactive ketones (excluding diaryl/α,β-unsaturated/α-hetero) is 1. The Morgan fingerprint density at radius 3 is 2.69 bits per heavy atom. The van der Waals surface area contributed by atoms with Gasteiger partial charge in [0.2, 0.25) is 0 Å². The largest absolute Gasteiger partial charge is 0.387 e. The molecule has 32 heavy (non-hydrogen) atoms. The normalized spacial score (nSPS) is 43.4. The van der Waals surface area contributed by atoms with Crippen molar-refractivity contribution in [2.75, 3.05) is 13.2 Å². The highest BCUT2D eigenvalue weighted by molar-refractivity contribution is 5.82. The van der Waals surface area contributed by atoms with Gasteiger partial charge in [-0.15, -0.1) is 5.10 Å². The van der Waals surface area contributed by atoms with Crippen molar-refractivity contribution in [3.8, 4) is 0 Å². The van der Waals surface area contributed by atoms with E-state index in [-0.39, 0.29) is 11.3 Å². The number of rotatable bonds is 6. The van der Waals surface area contributed by atoms with Crippen LogP contribution in [-0.4, -0.2) is 49.9 Å². The van der Waals surface area contributed by atoms with Crippen LogP contribution in [0.5, 0.6) is 0 Å². The number of hydrogen-bond donors (Lipinski definition) is 1. The minimum Gasteiger partial charge on any atom is -0.387 e. The molecule has 4 aliphatic rings. The molecule has 5 rings (SSSR count). The first-order valence-corrected chi connectivity index (χ1v) is 12.9. The van der Waals surface area contributed by atoms with Gasteiger partial charge in [0, 0.05) is 12.5 Å². The van der Waals surface area contributed by atoms with Crippen molar-refractivity contribution in [3.63, 3.8) is 0 Å². The second kappa shape index (κ2) is 8.46. The van der Waals surface area contributed by atoms with E-state index in [0.717, 1.165) is 49.9 Å². The van der Waals surface area contributed by atoms with Crippen molar-refractivity contribution in [1.82, 2.24) is 20.2 Å². The maximum Gasteiger partial charge on any atom is 0.158 e. The molecule has 178 valence electrons. The third-order valence-corrected chi connectivity index (χ3v) is 10.1. The molecule has 0 unspecified atom stereocenters. The molecule has 4 fully saturated rings. The van der Waals surface area contributed by atoms with Crippen molar-refractivity contribution >= 4 is 5.78 Å². The van der Waals surface area contributed by atoms with Crippen molar-refractivity contribution in [1.29, 1.82) is 0 Å². The zero-order chi connectivity index (χ0) is 22.5. The zero-order valence-corrected chi connectivity index (χ0v) is 20.0. The van der Waals surface area contributed by atoms with E-state index in [9.17, 15) is 9.90 Å². The summed E-state index contributed by atoms with van der Waals surface area (Å²) >= 11 is 0. The number of ketones is 1. The summed E-state index contributed by atoms with van der Waals surface area (Å²) in [5, 5.41) is 22.7. The Kier molecular flexibility index (Phi) is 5.94. The quantitative estimate of drug-likeness (QED) is 0.721. The molecule has 4 saturated carbocycles. The van der Waals surface area contributed by atoms with Crippen molar-refractivity contribution in [3.05, 3.63) is 5.82 Å². The molecule has 1 N–H and O–H groups in total. The van der Waals surface area contributed by atoms with E-state index in [4.69, 9.17) is 4.74 Å². The van der Waals surface area contributed by atoms with Gasteiger partial charge in [0.25, 0.3) is 0 Å². The van der Waals surface area contributed by atoms with Gasteiger partial charge in [0.05, 0.1) is 12.2 Å². The third kappa shape index (κ3) is 3.73. The van der Waals surface area contributed by atoms with Gasteiger partial charge in [-0.3, -0.25) is 4.79 Å². The van der Waals surface area contributed by atoms with Gasteiger partial charge in [0.15, 0.2) is 5.78 Å². The molecule has 0 aliphatic heterocycles. The fourth-order valence-corrected chi connectivity index (χ4v) is 8.57. The SMILES string of the molecule is CCOC[C@@]1(O)CC[C@H]2[C@H](CC[C@@H]3[C@@H]2CC[C@]2(C)[C@@H](C(=O)Cn4nnnc4C)CC[C@@H]32)C1. The molecule has 7 nitrogen and oxygen atoms in total. The fourth-order valence-electron chi connectivity index (χ4n) is 8.57. The summed E-state index contributed by atoms with van der Waals surface area (Å²) in [6.45, 7) is 7.74. The van der Waals surface area contributed by atoms with Crippen molar-refractivity contribution < 1.29 is 14.6 Å². The Morgan fingerprint density at radius 1 is 1.12 bits per heavy atom. The first-order valence-electron chi connectivity index (χ1n) is 12.9. The minimum atomic E-state index is -0.619. The number of carbonyl (C=O) groups is 1. The molecule has 4 aliphatic carbocycles. The smallest absolute Gasteiger partial charge is 0.158 e. The molecule has 1 heterocycles. The number of aryl methyl sites for hydroxylation is 1. The number of tetrazole rings is 1. The predicted molar refractivity (Wildman–Crippen MR) is 120 cm³/mol. The topological polar surface area (TPSA) is 90.1 Å². The summed E-state index contributed by atoms with van der Waals surface area (Å²) in [5.41, 5.74) is -0.496. The van der Waals surface area contributed by atoms with Gasteiger partial charge in [-0.2, -0.15) is 0 Å². The number of nitrogens with zero attached hydrogens (tertiary/aromatic N) is 4. The molecular formula is C25H40N4O3. The minimum absolute atomic E-state index is 0.122. The highest BCUT2D eigenvalue weighted by Crippen LogP contribution is 2.64. The average Bonchev–Trinajstić information content (AvgIpc) is 3.34. The standard InChI is InChI=1S/C25H40N4O3/c1-4-32-15-25(31)12-10-18-17(13-25)5-6-20-19(18)9-11-24(3)21(20)7-8-22(24)23(30)14-29-16(2)26-27-28-29/h17-22,31H,4-15H2,1-3H3/t17-,18+,19-,20-,21+,22-,24+,25-/m1/s1. The second-order valence-corrected chi connectivity index (χ2v) is 11.6. The average molecular weight is 445 g/mol. The maximum atomic E-state index is 13.3. The van der Waals surface area contributed by atoms with Crippen molar-refractivity contribution in [2.45, 2.75) is 90.7 Å². The summed E-state index contributed by atoms with van der Waals surface area (Å²) in [6.07, 6.45) is 10.0. The summed E-state index contributed by atoms with van der Waals surface area (Å²) in [5.74, 6) is 4.74. The van der Waals surface area contributed by atoms with E-state index in [1.54, 1.807) is 4.68 Å². The molecule has 0 saturated heterocycles. The van der Waals surface area contributed by atoms with Crippen LogP contribution in [0.25, 0.3) is 0 Å². The Labute approximate surface area is 191 Å². The van der Waals surface area contributed by atoms with E-state index < -0.39 is 5.60 Å². The van der Waals surface area contributed by atoms with Gasteiger partial charge >= 0.3 is 0 Å². The Hall–Kier alpha value is -1.34. The van der Waals surface area contributed by atoms with Crippen LogP contribution in [0.3, 0.4) is 0 Å². The van der Waals surface area contributed by atoms with Crippen LogP contribution < -0.4 is 0 Å². The lowest BCUT2D eigenvalue weighted by atomic mass is 9.49. The molecule has 0 amide bonds. The summed E-state index contributed by atoms with van der Waals surface area (Å²) < 4.78 is 7.27. The summed E-state index contributed by atoms with van der Waals surface area (Å²) in [4.78, 5) is 13.3. The van der Waals surface area contributed by atoms with Crippen LogP contribution in [0.2, 0.25) is 0 Å².